The van der Waals surface area contributed by atoms with Crippen LogP contribution in [0.3, 0.4) is 0 Å². The number of ether oxygens (including phenoxy) is 1. The van der Waals surface area contributed by atoms with E-state index in [0.29, 0.717) is 18.8 Å². The van der Waals surface area contributed by atoms with E-state index in [1.165, 1.54) is 0 Å². The Morgan fingerprint density at radius 3 is 2.65 bits per heavy atom. The molecule has 1 aliphatic carbocycles. The fourth-order valence-corrected chi connectivity index (χ4v) is 2.37. The molecular weight excluding hydrogens is 252 g/mol. The summed E-state index contributed by atoms with van der Waals surface area (Å²) in [7, 11) is 0. The first-order valence-corrected chi connectivity index (χ1v) is 7.36. The van der Waals surface area contributed by atoms with Crippen molar-refractivity contribution in [2.45, 2.75) is 46.6 Å². The van der Waals surface area contributed by atoms with Gasteiger partial charge >= 0.3 is 5.97 Å². The molecule has 0 bridgehead atoms. The smallest absolute Gasteiger partial charge is 0.336 e. The van der Waals surface area contributed by atoms with E-state index in [1.807, 2.05) is 39.0 Å². The molecule has 1 aliphatic rings. The maximum Gasteiger partial charge on any atom is 0.336 e. The SMILES string of the molecule is CC.CCOCc1cccc(C2=CCCC2)c1C(=O)O. The van der Waals surface area contributed by atoms with Crippen LogP contribution < -0.4 is 0 Å². The molecule has 0 unspecified atom stereocenters. The molecule has 0 radical (unpaired) electrons. The highest BCUT2D eigenvalue weighted by Gasteiger charge is 2.19. The number of rotatable bonds is 5. The van der Waals surface area contributed by atoms with Crippen molar-refractivity contribution in [3.8, 4) is 0 Å². The quantitative estimate of drug-likeness (QED) is 0.860. The predicted octanol–water partition coefficient (Wildman–Crippen LogP) is 4.51. The fourth-order valence-electron chi connectivity index (χ4n) is 2.37. The first-order chi connectivity index (χ1) is 9.74. The van der Waals surface area contributed by atoms with Crippen LogP contribution in [-0.2, 0) is 11.3 Å². The molecule has 0 saturated heterocycles. The van der Waals surface area contributed by atoms with Crippen molar-refractivity contribution in [2.24, 2.45) is 0 Å². The van der Waals surface area contributed by atoms with Crippen LogP contribution in [0.4, 0.5) is 0 Å². The molecule has 3 nitrogen and oxygen atoms in total. The van der Waals surface area contributed by atoms with Crippen LogP contribution in [-0.4, -0.2) is 17.7 Å². The van der Waals surface area contributed by atoms with E-state index in [4.69, 9.17) is 4.74 Å². The second-order valence-corrected chi connectivity index (χ2v) is 4.40. The summed E-state index contributed by atoms with van der Waals surface area (Å²) >= 11 is 0. The van der Waals surface area contributed by atoms with Crippen molar-refractivity contribution in [3.63, 3.8) is 0 Å². The third kappa shape index (κ3) is 3.94. The largest absolute Gasteiger partial charge is 0.478 e. The molecule has 2 rings (SSSR count). The molecule has 0 spiro atoms. The van der Waals surface area contributed by atoms with Crippen LogP contribution in [0.1, 0.15) is 61.5 Å². The Hall–Kier alpha value is -1.61. The van der Waals surface area contributed by atoms with Crippen LogP contribution in [0.25, 0.3) is 5.57 Å². The molecule has 0 heterocycles. The minimum Gasteiger partial charge on any atom is -0.478 e. The van der Waals surface area contributed by atoms with Gasteiger partial charge in [0.05, 0.1) is 12.2 Å². The minimum atomic E-state index is -0.867. The van der Waals surface area contributed by atoms with Gasteiger partial charge in [0.25, 0.3) is 0 Å². The first-order valence-electron chi connectivity index (χ1n) is 7.36. The second kappa shape index (κ2) is 8.54. The summed E-state index contributed by atoms with van der Waals surface area (Å²) in [6.07, 6.45) is 5.28. The Labute approximate surface area is 121 Å². The van der Waals surface area contributed by atoms with Crippen LogP contribution in [0.2, 0.25) is 0 Å². The number of hydrogen-bond donors (Lipinski definition) is 1. The normalized spacial score (nSPS) is 13.4. The van der Waals surface area contributed by atoms with Gasteiger partial charge in [-0.1, -0.05) is 38.1 Å². The van der Waals surface area contributed by atoms with Gasteiger partial charge in [0, 0.05) is 6.61 Å². The Balaban J connectivity index is 0.000000956. The van der Waals surface area contributed by atoms with Crippen molar-refractivity contribution >= 4 is 11.5 Å². The van der Waals surface area contributed by atoms with Gasteiger partial charge in [-0.2, -0.15) is 0 Å². The van der Waals surface area contributed by atoms with Gasteiger partial charge < -0.3 is 9.84 Å². The molecule has 0 amide bonds. The lowest BCUT2D eigenvalue weighted by molar-refractivity contribution is 0.0688. The second-order valence-electron chi connectivity index (χ2n) is 4.40. The lowest BCUT2D eigenvalue weighted by Gasteiger charge is -2.12. The van der Waals surface area contributed by atoms with Gasteiger partial charge in [0.15, 0.2) is 0 Å². The molecule has 110 valence electrons. The highest BCUT2D eigenvalue weighted by molar-refractivity contribution is 5.96. The van der Waals surface area contributed by atoms with E-state index in [1.54, 1.807) is 0 Å². The molecule has 20 heavy (non-hydrogen) atoms. The average Bonchev–Trinajstić information content (AvgIpc) is 3.00. The summed E-state index contributed by atoms with van der Waals surface area (Å²) in [4.78, 5) is 11.5. The number of carboxylic acid groups (broad SMARTS) is 1. The molecule has 1 aromatic rings. The Bertz CT molecular complexity index is 475. The maximum absolute atomic E-state index is 11.5. The first kappa shape index (κ1) is 16.4. The number of allylic oxidation sites excluding steroid dienone is 2. The number of carboxylic acids is 1. The lowest BCUT2D eigenvalue weighted by atomic mass is 9.95. The Morgan fingerprint density at radius 2 is 2.10 bits per heavy atom. The molecular formula is C17H24O3. The molecule has 0 fully saturated rings. The monoisotopic (exact) mass is 276 g/mol. The maximum atomic E-state index is 11.5. The van der Waals surface area contributed by atoms with Crippen LogP contribution in [0, 0.1) is 0 Å². The van der Waals surface area contributed by atoms with E-state index < -0.39 is 5.97 Å². The zero-order valence-electron chi connectivity index (χ0n) is 12.6. The molecule has 1 aromatic carbocycles. The number of carbonyl (C=O) groups is 1. The molecule has 0 aromatic heterocycles. The van der Waals surface area contributed by atoms with Crippen molar-refractivity contribution < 1.29 is 14.6 Å². The van der Waals surface area contributed by atoms with Crippen LogP contribution in [0.15, 0.2) is 24.3 Å². The molecule has 1 N–H and O–H groups in total. The average molecular weight is 276 g/mol. The molecule has 0 atom stereocenters. The number of aromatic carboxylic acids is 1. The standard InChI is InChI=1S/C15H18O3.C2H6/c1-2-18-10-12-8-5-9-13(14(12)15(16)17)11-6-3-4-7-11;1-2/h5-6,8-9H,2-4,7,10H2,1H3,(H,16,17);1-2H3. The molecule has 3 heteroatoms. The van der Waals surface area contributed by atoms with Crippen molar-refractivity contribution in [2.75, 3.05) is 6.61 Å². The zero-order valence-corrected chi connectivity index (χ0v) is 12.6. The van der Waals surface area contributed by atoms with E-state index in [0.717, 1.165) is 36.0 Å². The van der Waals surface area contributed by atoms with E-state index >= 15 is 0 Å². The highest BCUT2D eigenvalue weighted by atomic mass is 16.5. The third-order valence-corrected chi connectivity index (χ3v) is 3.21. The van der Waals surface area contributed by atoms with Gasteiger partial charge in [-0.25, -0.2) is 4.79 Å². The summed E-state index contributed by atoms with van der Waals surface area (Å²) in [5.74, 6) is -0.867. The van der Waals surface area contributed by atoms with Crippen LogP contribution in [0.5, 0.6) is 0 Å². The Morgan fingerprint density at radius 1 is 1.35 bits per heavy atom. The summed E-state index contributed by atoms with van der Waals surface area (Å²) in [6, 6.07) is 5.64. The molecule has 0 aliphatic heterocycles. The van der Waals surface area contributed by atoms with E-state index in [-0.39, 0.29) is 0 Å². The minimum absolute atomic E-state index is 0.360. The lowest BCUT2D eigenvalue weighted by Crippen LogP contribution is -2.08. The van der Waals surface area contributed by atoms with E-state index in [9.17, 15) is 9.90 Å². The number of hydrogen-bond acceptors (Lipinski definition) is 2. The van der Waals surface area contributed by atoms with Crippen molar-refractivity contribution in [1.29, 1.82) is 0 Å². The Kier molecular flexibility index (Phi) is 7.02. The van der Waals surface area contributed by atoms with Crippen molar-refractivity contribution in [3.05, 3.63) is 41.0 Å². The van der Waals surface area contributed by atoms with Gasteiger partial charge in [-0.15, -0.1) is 0 Å². The summed E-state index contributed by atoms with van der Waals surface area (Å²) in [6.45, 7) is 6.86. The van der Waals surface area contributed by atoms with Crippen molar-refractivity contribution in [1.82, 2.24) is 0 Å². The topological polar surface area (TPSA) is 46.5 Å². The van der Waals surface area contributed by atoms with E-state index in [2.05, 4.69) is 6.08 Å². The van der Waals surface area contributed by atoms with Gasteiger partial charge in [0.1, 0.15) is 0 Å². The van der Waals surface area contributed by atoms with Gasteiger partial charge in [0.2, 0.25) is 0 Å². The third-order valence-electron chi connectivity index (χ3n) is 3.21. The molecule has 0 saturated carbocycles. The fraction of sp³-hybridized carbons (Fsp3) is 0.471. The van der Waals surface area contributed by atoms with Gasteiger partial charge in [-0.3, -0.25) is 0 Å². The zero-order chi connectivity index (χ0) is 15.0. The highest BCUT2D eigenvalue weighted by Crippen LogP contribution is 2.31. The van der Waals surface area contributed by atoms with Gasteiger partial charge in [-0.05, 0) is 42.9 Å². The summed E-state index contributed by atoms with van der Waals surface area (Å²) in [5, 5.41) is 9.42. The summed E-state index contributed by atoms with van der Waals surface area (Å²) < 4.78 is 5.35. The predicted molar refractivity (Wildman–Crippen MR) is 81.9 cm³/mol. The number of benzene rings is 1. The van der Waals surface area contributed by atoms with Crippen LogP contribution >= 0.6 is 0 Å². The summed E-state index contributed by atoms with van der Waals surface area (Å²) in [5.41, 5.74) is 3.18.